The number of hydroxylamine groups is 1. The van der Waals surface area contributed by atoms with Crippen LogP contribution in [0.15, 0.2) is 30.3 Å². The molecule has 1 unspecified atom stereocenters. The van der Waals surface area contributed by atoms with Gasteiger partial charge in [-0.15, -0.1) is 0 Å². The molecule has 0 radical (unpaired) electrons. The lowest BCUT2D eigenvalue weighted by Gasteiger charge is -2.21. The largest absolute Gasteiger partial charge is 0.442 e. The van der Waals surface area contributed by atoms with Gasteiger partial charge >= 0.3 is 6.09 Å². The number of hydrogen-bond donors (Lipinski definition) is 2. The Bertz CT molecular complexity index is 386. The van der Waals surface area contributed by atoms with Crippen molar-refractivity contribution in [2.45, 2.75) is 38.9 Å². The molecule has 0 fully saturated rings. The Labute approximate surface area is 113 Å². The summed E-state index contributed by atoms with van der Waals surface area (Å²) in [6.07, 6.45) is -0.662. The van der Waals surface area contributed by atoms with Gasteiger partial charge in [0.05, 0.1) is 0 Å². The van der Waals surface area contributed by atoms with E-state index in [4.69, 9.17) is 14.7 Å². The molecular weight excluding hydrogens is 246 g/mol. The summed E-state index contributed by atoms with van der Waals surface area (Å²) in [7, 11) is 0. The van der Waals surface area contributed by atoms with Gasteiger partial charge in [-0.05, 0) is 26.3 Å². The summed E-state index contributed by atoms with van der Waals surface area (Å²) >= 11 is 0. The number of aliphatic hydroxyl groups is 1. The van der Waals surface area contributed by atoms with Gasteiger partial charge in [0, 0.05) is 13.0 Å². The van der Waals surface area contributed by atoms with Crippen LogP contribution in [0.3, 0.4) is 0 Å². The van der Waals surface area contributed by atoms with Gasteiger partial charge < -0.3 is 9.84 Å². The average molecular weight is 267 g/mol. The number of nitrogens with one attached hydrogen (secondary N) is 1. The van der Waals surface area contributed by atoms with Crippen LogP contribution in [0, 0.1) is 0 Å². The van der Waals surface area contributed by atoms with Crippen molar-refractivity contribution in [3.05, 3.63) is 35.9 Å². The molecule has 0 saturated heterocycles. The second-order valence-electron chi connectivity index (χ2n) is 5.13. The smallest absolute Gasteiger partial charge is 0.431 e. The fraction of sp³-hybridized carbons (Fsp3) is 0.500. The molecule has 0 heterocycles. The summed E-state index contributed by atoms with van der Waals surface area (Å²) < 4.78 is 5.06. The summed E-state index contributed by atoms with van der Waals surface area (Å²) in [5, 5.41) is 9.03. The first-order valence-corrected chi connectivity index (χ1v) is 6.23. The van der Waals surface area contributed by atoms with E-state index in [1.807, 2.05) is 30.3 Å². The third-order valence-electron chi connectivity index (χ3n) is 2.25. The lowest BCUT2D eigenvalue weighted by atomic mass is 10.1. The molecule has 0 bridgehead atoms. The van der Waals surface area contributed by atoms with Gasteiger partial charge in [0.1, 0.15) is 11.7 Å². The maximum atomic E-state index is 11.5. The first-order chi connectivity index (χ1) is 8.92. The molecule has 0 aliphatic carbocycles. The molecule has 5 heteroatoms. The molecule has 2 N–H and O–H groups in total. The van der Waals surface area contributed by atoms with Gasteiger partial charge in [0.15, 0.2) is 0 Å². The monoisotopic (exact) mass is 267 g/mol. The van der Waals surface area contributed by atoms with Crippen molar-refractivity contribution in [3.63, 3.8) is 0 Å². The number of aliphatic hydroxyl groups excluding tert-OH is 1. The first kappa shape index (κ1) is 15.5. The molecule has 0 aromatic heterocycles. The second-order valence-corrected chi connectivity index (χ2v) is 5.13. The molecular formula is C14H21NO4. The SMILES string of the molecule is CC(C)(C)OC(=O)NOC(CCO)c1ccccc1. The molecule has 0 saturated carbocycles. The van der Waals surface area contributed by atoms with Crippen LogP contribution in [0.25, 0.3) is 0 Å². The molecule has 1 rings (SSSR count). The Morgan fingerprint density at radius 1 is 1.32 bits per heavy atom. The van der Waals surface area contributed by atoms with E-state index < -0.39 is 17.8 Å². The highest BCUT2D eigenvalue weighted by molar-refractivity contribution is 5.66. The Hall–Kier alpha value is -1.59. The highest BCUT2D eigenvalue weighted by Crippen LogP contribution is 2.19. The van der Waals surface area contributed by atoms with Gasteiger partial charge in [0.25, 0.3) is 0 Å². The van der Waals surface area contributed by atoms with Crippen molar-refractivity contribution >= 4 is 6.09 Å². The van der Waals surface area contributed by atoms with Crippen molar-refractivity contribution in [1.82, 2.24) is 5.48 Å². The van der Waals surface area contributed by atoms with Crippen molar-refractivity contribution in [2.24, 2.45) is 0 Å². The van der Waals surface area contributed by atoms with Crippen LogP contribution in [0.1, 0.15) is 38.9 Å². The lowest BCUT2D eigenvalue weighted by Crippen LogP contribution is -2.33. The molecule has 19 heavy (non-hydrogen) atoms. The van der Waals surface area contributed by atoms with E-state index in [2.05, 4.69) is 5.48 Å². The minimum Gasteiger partial charge on any atom is -0.442 e. The Morgan fingerprint density at radius 2 is 1.95 bits per heavy atom. The number of carbonyl (C=O) groups excluding carboxylic acids is 1. The number of benzene rings is 1. The molecule has 1 aromatic rings. The maximum absolute atomic E-state index is 11.5. The molecule has 0 aliphatic heterocycles. The third-order valence-corrected chi connectivity index (χ3v) is 2.25. The summed E-state index contributed by atoms with van der Waals surface area (Å²) in [5.74, 6) is 0. The van der Waals surface area contributed by atoms with Crippen LogP contribution in [0.5, 0.6) is 0 Å². The second kappa shape index (κ2) is 7.11. The normalized spacial score (nSPS) is 12.8. The van der Waals surface area contributed by atoms with Crippen molar-refractivity contribution < 1.29 is 19.5 Å². The summed E-state index contributed by atoms with van der Waals surface area (Å²) in [6, 6.07) is 9.38. The molecule has 0 spiro atoms. The van der Waals surface area contributed by atoms with Gasteiger partial charge in [-0.2, -0.15) is 5.48 Å². The van der Waals surface area contributed by atoms with E-state index in [0.717, 1.165) is 5.56 Å². The predicted octanol–water partition coefficient (Wildman–Crippen LogP) is 2.57. The fourth-order valence-electron chi connectivity index (χ4n) is 1.50. The van der Waals surface area contributed by atoms with Crippen LogP contribution >= 0.6 is 0 Å². The lowest BCUT2D eigenvalue weighted by molar-refractivity contribution is -0.0505. The number of hydrogen-bond acceptors (Lipinski definition) is 4. The van der Waals surface area contributed by atoms with Gasteiger partial charge in [0.2, 0.25) is 0 Å². The fourth-order valence-corrected chi connectivity index (χ4v) is 1.50. The Morgan fingerprint density at radius 3 is 2.47 bits per heavy atom. The molecule has 106 valence electrons. The van der Waals surface area contributed by atoms with E-state index in [1.54, 1.807) is 20.8 Å². The van der Waals surface area contributed by atoms with E-state index >= 15 is 0 Å². The number of rotatable bonds is 5. The molecule has 0 aliphatic rings. The molecule has 1 atom stereocenters. The summed E-state index contributed by atoms with van der Waals surface area (Å²) in [6.45, 7) is 5.29. The molecule has 1 amide bonds. The van der Waals surface area contributed by atoms with Crippen LogP contribution < -0.4 is 5.48 Å². The zero-order valence-electron chi connectivity index (χ0n) is 11.6. The highest BCUT2D eigenvalue weighted by Gasteiger charge is 2.18. The Kier molecular flexibility index (Phi) is 5.79. The van der Waals surface area contributed by atoms with Crippen LogP contribution in [0.2, 0.25) is 0 Å². The van der Waals surface area contributed by atoms with Crippen LogP contribution in [0.4, 0.5) is 4.79 Å². The standard InChI is InChI=1S/C14H21NO4/c1-14(2,3)18-13(17)15-19-12(9-10-16)11-7-5-4-6-8-11/h4-8,12,16H,9-10H2,1-3H3,(H,15,17). The first-order valence-electron chi connectivity index (χ1n) is 6.23. The van der Waals surface area contributed by atoms with Crippen molar-refractivity contribution in [2.75, 3.05) is 6.61 Å². The molecule has 1 aromatic carbocycles. The zero-order chi connectivity index (χ0) is 14.3. The highest BCUT2D eigenvalue weighted by atomic mass is 16.7. The zero-order valence-corrected chi connectivity index (χ0v) is 11.6. The van der Waals surface area contributed by atoms with Crippen LogP contribution in [-0.2, 0) is 9.57 Å². The van der Waals surface area contributed by atoms with Crippen molar-refractivity contribution in [3.8, 4) is 0 Å². The maximum Gasteiger partial charge on any atom is 0.431 e. The predicted molar refractivity (Wildman–Crippen MR) is 71.3 cm³/mol. The van der Waals surface area contributed by atoms with Gasteiger partial charge in [-0.3, -0.25) is 4.84 Å². The van der Waals surface area contributed by atoms with Crippen LogP contribution in [-0.4, -0.2) is 23.4 Å². The van der Waals surface area contributed by atoms with E-state index in [-0.39, 0.29) is 6.61 Å². The minimum absolute atomic E-state index is 0.0322. The molecule has 5 nitrogen and oxygen atoms in total. The number of carbonyl (C=O) groups is 1. The minimum atomic E-state index is -0.647. The third kappa shape index (κ3) is 6.22. The van der Waals surface area contributed by atoms with Crippen molar-refractivity contribution in [1.29, 1.82) is 0 Å². The number of amides is 1. The van der Waals surface area contributed by atoms with E-state index in [1.165, 1.54) is 0 Å². The topological polar surface area (TPSA) is 67.8 Å². The quantitative estimate of drug-likeness (QED) is 0.805. The van der Waals surface area contributed by atoms with E-state index in [9.17, 15) is 4.79 Å². The summed E-state index contributed by atoms with van der Waals surface area (Å²) in [4.78, 5) is 16.8. The average Bonchev–Trinajstić information content (AvgIpc) is 2.33. The summed E-state index contributed by atoms with van der Waals surface area (Å²) in [5.41, 5.74) is 2.56. The number of ether oxygens (including phenoxy) is 1. The van der Waals surface area contributed by atoms with E-state index in [0.29, 0.717) is 6.42 Å². The Balaban J connectivity index is 2.54. The van der Waals surface area contributed by atoms with Gasteiger partial charge in [-0.1, -0.05) is 30.3 Å². The van der Waals surface area contributed by atoms with Gasteiger partial charge in [-0.25, -0.2) is 4.79 Å².